The third-order valence-corrected chi connectivity index (χ3v) is 7.21. The van der Waals surface area contributed by atoms with E-state index < -0.39 is 0 Å². The number of nitrogens with zero attached hydrogens (tertiary/aromatic N) is 2. The Kier molecular flexibility index (Phi) is 6.14. The van der Waals surface area contributed by atoms with E-state index in [0.29, 0.717) is 30.9 Å². The molecule has 6 rings (SSSR count). The molecule has 1 aromatic carbocycles. The Morgan fingerprint density at radius 1 is 1.00 bits per heavy atom. The monoisotopic (exact) mass is 457 g/mol. The molecule has 4 aromatic rings. The predicted molar refractivity (Wildman–Crippen MR) is 131 cm³/mol. The maximum Gasteiger partial charge on any atom is 0.207 e. The van der Waals surface area contributed by atoms with E-state index in [1.165, 1.54) is 35.1 Å². The standard InChI is InChI=1S/C27H31N5O2/c1-2-25(29-7-1)24-12-19(3-4-22(24)18-5-9-33-10-6-18)20-13-23-21(16-32-27(23)31-15-20)14-28-17-26-30-8-11-34-26/h3-4,8,11-13,15-16,18,25,28-29H,1-2,5-7,9-10,14,17H2,(H,31,32)/t25-/m0/s1. The number of nitrogens with one attached hydrogen (secondary N) is 3. The van der Waals surface area contributed by atoms with Crippen molar-refractivity contribution in [3.05, 3.63) is 71.7 Å². The molecular formula is C27H31N5O2. The van der Waals surface area contributed by atoms with Gasteiger partial charge >= 0.3 is 0 Å². The van der Waals surface area contributed by atoms with Gasteiger partial charge in [0.25, 0.3) is 0 Å². The number of ether oxygens (including phenoxy) is 1. The minimum absolute atomic E-state index is 0.441. The lowest BCUT2D eigenvalue weighted by Gasteiger charge is -2.27. The molecule has 5 heterocycles. The summed E-state index contributed by atoms with van der Waals surface area (Å²) in [6, 6.07) is 9.75. The van der Waals surface area contributed by atoms with Crippen LogP contribution in [0.2, 0.25) is 0 Å². The lowest BCUT2D eigenvalue weighted by Crippen LogP contribution is -2.19. The zero-order valence-corrected chi connectivity index (χ0v) is 19.3. The van der Waals surface area contributed by atoms with E-state index in [1.807, 2.05) is 12.4 Å². The summed E-state index contributed by atoms with van der Waals surface area (Å²) in [5.74, 6) is 1.28. The third-order valence-electron chi connectivity index (χ3n) is 7.21. The summed E-state index contributed by atoms with van der Waals surface area (Å²) in [5.41, 5.74) is 7.44. The van der Waals surface area contributed by atoms with Gasteiger partial charge in [-0.05, 0) is 72.5 Å². The second-order valence-corrected chi connectivity index (χ2v) is 9.34. The molecule has 176 valence electrons. The topological polar surface area (TPSA) is 88.0 Å². The number of pyridine rings is 1. The Hall–Kier alpha value is -3.00. The summed E-state index contributed by atoms with van der Waals surface area (Å²) >= 11 is 0. The zero-order valence-electron chi connectivity index (χ0n) is 19.3. The lowest BCUT2D eigenvalue weighted by atomic mass is 9.84. The second kappa shape index (κ2) is 9.70. The summed E-state index contributed by atoms with van der Waals surface area (Å²) in [5, 5.41) is 8.28. The lowest BCUT2D eigenvalue weighted by molar-refractivity contribution is 0.0851. The van der Waals surface area contributed by atoms with Crippen LogP contribution in [0.3, 0.4) is 0 Å². The molecule has 0 saturated carbocycles. The van der Waals surface area contributed by atoms with Crippen molar-refractivity contribution in [2.24, 2.45) is 0 Å². The number of hydrogen-bond donors (Lipinski definition) is 3. The maximum absolute atomic E-state index is 5.63. The van der Waals surface area contributed by atoms with Gasteiger partial charge in [-0.25, -0.2) is 9.97 Å². The average molecular weight is 458 g/mol. The Balaban J connectivity index is 1.29. The first-order valence-corrected chi connectivity index (χ1v) is 12.4. The number of rotatable bonds is 7. The van der Waals surface area contributed by atoms with Crippen LogP contribution < -0.4 is 10.6 Å². The first kappa shape index (κ1) is 21.5. The highest BCUT2D eigenvalue weighted by Crippen LogP contribution is 2.37. The van der Waals surface area contributed by atoms with Crippen LogP contribution in [-0.4, -0.2) is 34.7 Å². The van der Waals surface area contributed by atoms with E-state index in [-0.39, 0.29) is 0 Å². The maximum atomic E-state index is 5.63. The molecule has 0 bridgehead atoms. The van der Waals surface area contributed by atoms with Gasteiger partial charge in [0, 0.05) is 49.1 Å². The highest BCUT2D eigenvalue weighted by molar-refractivity contribution is 5.84. The molecule has 3 N–H and O–H groups in total. The van der Waals surface area contributed by atoms with Crippen molar-refractivity contribution >= 4 is 11.0 Å². The quantitative estimate of drug-likeness (QED) is 0.369. The Bertz CT molecular complexity index is 1240. The van der Waals surface area contributed by atoms with E-state index in [4.69, 9.17) is 14.1 Å². The fraction of sp³-hybridized carbons (Fsp3) is 0.407. The molecule has 0 aliphatic carbocycles. The van der Waals surface area contributed by atoms with Crippen LogP contribution in [-0.2, 0) is 17.8 Å². The number of H-pyrrole nitrogens is 1. The molecule has 3 aromatic heterocycles. The second-order valence-electron chi connectivity index (χ2n) is 9.34. The van der Waals surface area contributed by atoms with Gasteiger partial charge in [-0.3, -0.25) is 0 Å². The summed E-state index contributed by atoms with van der Waals surface area (Å²) in [4.78, 5) is 12.2. The minimum Gasteiger partial charge on any atom is -0.448 e. The number of aromatic nitrogens is 3. The van der Waals surface area contributed by atoms with E-state index >= 15 is 0 Å². The van der Waals surface area contributed by atoms with Gasteiger partial charge in [0.1, 0.15) is 11.9 Å². The van der Waals surface area contributed by atoms with Crippen LogP contribution in [0, 0.1) is 0 Å². The number of fused-ring (bicyclic) bond motifs is 1. The highest BCUT2D eigenvalue weighted by atomic mass is 16.5. The molecular weight excluding hydrogens is 426 g/mol. The summed E-state index contributed by atoms with van der Waals surface area (Å²) in [6.07, 6.45) is 11.9. The Morgan fingerprint density at radius 2 is 1.94 bits per heavy atom. The fourth-order valence-corrected chi connectivity index (χ4v) is 5.39. The largest absolute Gasteiger partial charge is 0.448 e. The smallest absolute Gasteiger partial charge is 0.207 e. The molecule has 0 spiro atoms. The summed E-state index contributed by atoms with van der Waals surface area (Å²) < 4.78 is 11.0. The molecule has 0 radical (unpaired) electrons. The molecule has 0 unspecified atom stereocenters. The van der Waals surface area contributed by atoms with Crippen molar-refractivity contribution in [2.75, 3.05) is 19.8 Å². The molecule has 2 aliphatic rings. The average Bonchev–Trinajstić information content (AvgIpc) is 3.67. The zero-order chi connectivity index (χ0) is 22.7. The predicted octanol–water partition coefficient (Wildman–Crippen LogP) is 4.83. The van der Waals surface area contributed by atoms with Gasteiger partial charge in [0.15, 0.2) is 0 Å². The van der Waals surface area contributed by atoms with Crippen LogP contribution in [0.4, 0.5) is 0 Å². The van der Waals surface area contributed by atoms with Gasteiger partial charge in [-0.1, -0.05) is 12.1 Å². The van der Waals surface area contributed by atoms with Gasteiger partial charge in [0.2, 0.25) is 5.89 Å². The molecule has 34 heavy (non-hydrogen) atoms. The van der Waals surface area contributed by atoms with E-state index in [0.717, 1.165) is 49.2 Å². The van der Waals surface area contributed by atoms with Gasteiger partial charge in [-0.2, -0.15) is 0 Å². The van der Waals surface area contributed by atoms with Gasteiger partial charge in [-0.15, -0.1) is 0 Å². The van der Waals surface area contributed by atoms with Gasteiger partial charge < -0.3 is 24.8 Å². The fourth-order valence-electron chi connectivity index (χ4n) is 5.39. The number of hydrogen-bond acceptors (Lipinski definition) is 6. The van der Waals surface area contributed by atoms with Crippen LogP contribution in [0.5, 0.6) is 0 Å². The van der Waals surface area contributed by atoms with Crippen LogP contribution in [0.1, 0.15) is 60.2 Å². The molecule has 7 nitrogen and oxygen atoms in total. The SMILES string of the molecule is c1coc(CNCc2c[nH]c3ncc(-c4ccc(C5CCOCC5)c([C@@H]5CCCN5)c4)cc23)n1. The summed E-state index contributed by atoms with van der Waals surface area (Å²) in [7, 11) is 0. The van der Waals surface area contributed by atoms with Crippen LogP contribution in [0.25, 0.3) is 22.2 Å². The molecule has 2 aliphatic heterocycles. The van der Waals surface area contributed by atoms with Gasteiger partial charge in [0.05, 0.1) is 12.7 Å². The normalized spacial score (nSPS) is 19.2. The Morgan fingerprint density at radius 3 is 2.76 bits per heavy atom. The van der Waals surface area contributed by atoms with E-state index in [9.17, 15) is 0 Å². The molecule has 7 heteroatoms. The first-order chi connectivity index (χ1) is 16.8. The molecule has 2 saturated heterocycles. The van der Waals surface area contributed by atoms with Crippen molar-refractivity contribution in [3.8, 4) is 11.1 Å². The summed E-state index contributed by atoms with van der Waals surface area (Å²) in [6.45, 7) is 4.14. The first-order valence-electron chi connectivity index (χ1n) is 12.4. The van der Waals surface area contributed by atoms with Crippen molar-refractivity contribution < 1.29 is 9.15 Å². The van der Waals surface area contributed by atoms with Crippen molar-refractivity contribution in [2.45, 2.75) is 50.7 Å². The third kappa shape index (κ3) is 4.39. The Labute approximate surface area is 199 Å². The van der Waals surface area contributed by atoms with E-state index in [2.05, 4.69) is 44.9 Å². The van der Waals surface area contributed by atoms with Crippen LogP contribution in [0.15, 0.2) is 53.5 Å². The number of benzene rings is 1. The number of aromatic amines is 1. The van der Waals surface area contributed by atoms with Crippen LogP contribution >= 0.6 is 0 Å². The highest BCUT2D eigenvalue weighted by Gasteiger charge is 2.25. The van der Waals surface area contributed by atoms with Crippen molar-refractivity contribution in [1.82, 2.24) is 25.6 Å². The molecule has 1 atom stereocenters. The van der Waals surface area contributed by atoms with Crippen molar-refractivity contribution in [1.29, 1.82) is 0 Å². The molecule has 0 amide bonds. The molecule has 2 fully saturated rings. The minimum atomic E-state index is 0.441. The number of oxazole rings is 1. The van der Waals surface area contributed by atoms with Crippen molar-refractivity contribution in [3.63, 3.8) is 0 Å². The van der Waals surface area contributed by atoms with E-state index in [1.54, 1.807) is 12.5 Å².